The fraction of sp³-hybridized carbons (Fsp3) is 0.900. The lowest BCUT2D eigenvalue weighted by Gasteiger charge is -2.46. The molecule has 0 saturated carbocycles. The molecule has 0 spiro atoms. The van der Waals surface area contributed by atoms with E-state index in [0.717, 1.165) is 104 Å². The molecule has 2 N–H and O–H groups in total. The Morgan fingerprint density at radius 1 is 0.680 bits per heavy atom. The summed E-state index contributed by atoms with van der Waals surface area (Å²) in [4.78, 5) is 37.7. The third-order valence-corrected chi connectivity index (χ3v) is 12.1. The van der Waals surface area contributed by atoms with Crippen LogP contribution in [0.3, 0.4) is 0 Å². The van der Waals surface area contributed by atoms with Gasteiger partial charge in [-0.05, 0) is 40.9 Å². The van der Waals surface area contributed by atoms with Crippen molar-refractivity contribution in [1.29, 1.82) is 0 Å². The summed E-state index contributed by atoms with van der Waals surface area (Å²) in [5.41, 5.74) is 6.97. The first-order chi connectivity index (χ1) is 23.3. The second-order valence-electron chi connectivity index (χ2n) is 18.5. The predicted octanol–water partition coefficient (Wildman–Crippen LogP) is 4.44. The van der Waals surface area contributed by atoms with E-state index in [2.05, 4.69) is 88.5 Å². The molecule has 0 aromatic heterocycles. The Bertz CT molecular complexity index is 1070. The summed E-state index contributed by atoms with van der Waals surface area (Å²) in [6.07, 6.45) is 2.95. The van der Waals surface area contributed by atoms with Crippen LogP contribution in [0.1, 0.15) is 88.0 Å². The Kier molecular flexibility index (Phi) is 16.4. The maximum atomic E-state index is 13.3. The monoisotopic (exact) mass is 705 g/mol. The van der Waals surface area contributed by atoms with Gasteiger partial charge >= 0.3 is 0 Å². The first kappa shape index (κ1) is 43.0. The highest BCUT2D eigenvalue weighted by Gasteiger charge is 2.43. The Morgan fingerprint density at radius 2 is 1.12 bits per heavy atom. The van der Waals surface area contributed by atoms with Crippen molar-refractivity contribution in [3.05, 3.63) is 12.2 Å². The van der Waals surface area contributed by atoms with Gasteiger partial charge in [0.2, 0.25) is 11.8 Å². The predicted molar refractivity (Wildman–Crippen MR) is 205 cm³/mol. The summed E-state index contributed by atoms with van der Waals surface area (Å²) in [7, 11) is 0. The summed E-state index contributed by atoms with van der Waals surface area (Å²) in [5, 5.41) is 0. The molecular weight excluding hydrogens is 628 g/mol. The van der Waals surface area contributed by atoms with Crippen LogP contribution in [0.2, 0.25) is 0 Å². The lowest BCUT2D eigenvalue weighted by molar-refractivity contribution is -0.140. The van der Waals surface area contributed by atoms with Gasteiger partial charge in [-0.2, -0.15) is 0 Å². The molecule has 0 aromatic rings. The van der Waals surface area contributed by atoms with E-state index < -0.39 is 0 Å². The lowest BCUT2D eigenvalue weighted by atomic mass is 9.59. The van der Waals surface area contributed by atoms with E-state index in [4.69, 9.17) is 15.2 Å². The van der Waals surface area contributed by atoms with Gasteiger partial charge in [-0.1, -0.05) is 74.5 Å². The van der Waals surface area contributed by atoms with Crippen molar-refractivity contribution in [3.8, 4) is 0 Å². The van der Waals surface area contributed by atoms with Gasteiger partial charge in [0.05, 0.1) is 38.9 Å². The molecule has 0 bridgehead atoms. The number of imide groups is 1. The summed E-state index contributed by atoms with van der Waals surface area (Å²) < 4.78 is 11.5. The van der Waals surface area contributed by atoms with Crippen molar-refractivity contribution < 1.29 is 19.1 Å². The maximum absolute atomic E-state index is 13.3. The molecule has 0 aliphatic carbocycles. The molecule has 50 heavy (non-hydrogen) atoms. The number of nitrogens with zero attached hydrogens (tertiary/aromatic N) is 5. The number of allylic oxidation sites excluding steroid dienone is 1. The second kappa shape index (κ2) is 19.1. The zero-order valence-electron chi connectivity index (χ0n) is 33.8. The van der Waals surface area contributed by atoms with E-state index in [1.54, 1.807) is 0 Å². The van der Waals surface area contributed by atoms with Crippen LogP contribution >= 0.6 is 0 Å². The van der Waals surface area contributed by atoms with E-state index in [1.807, 2.05) is 0 Å². The van der Waals surface area contributed by atoms with Crippen LogP contribution in [0.4, 0.5) is 0 Å². The SMILES string of the molecule is C=C(CC1CC(=O)N(CCOCCN2CCN(CCN3CCN(CCOCCN)CC3)CC2)C1=O)C(C)(C)CC(C)(C)CC(C)(C)C(C)(C)C. The molecule has 290 valence electrons. The molecule has 3 rings (SSSR count). The highest BCUT2D eigenvalue weighted by atomic mass is 16.5. The van der Waals surface area contributed by atoms with E-state index in [-0.39, 0.29) is 45.8 Å². The average Bonchev–Trinajstić information content (AvgIpc) is 3.28. The zero-order valence-corrected chi connectivity index (χ0v) is 33.8. The van der Waals surface area contributed by atoms with Crippen molar-refractivity contribution >= 4 is 11.8 Å². The topological polar surface area (TPSA) is 94.8 Å². The highest BCUT2D eigenvalue weighted by molar-refractivity contribution is 6.03. The number of ether oxygens (including phenoxy) is 2. The smallest absolute Gasteiger partial charge is 0.233 e. The molecular formula is C40H76N6O4. The van der Waals surface area contributed by atoms with E-state index >= 15 is 0 Å². The van der Waals surface area contributed by atoms with Gasteiger partial charge in [-0.3, -0.25) is 34.1 Å². The third kappa shape index (κ3) is 13.5. The first-order valence-electron chi connectivity index (χ1n) is 19.6. The maximum Gasteiger partial charge on any atom is 0.233 e. The molecule has 3 aliphatic rings. The number of likely N-dealkylation sites (tertiary alicyclic amines) is 1. The van der Waals surface area contributed by atoms with Crippen LogP contribution in [0.5, 0.6) is 0 Å². The van der Waals surface area contributed by atoms with Gasteiger partial charge in [0, 0.05) is 91.5 Å². The van der Waals surface area contributed by atoms with Crippen LogP contribution in [0.25, 0.3) is 0 Å². The fourth-order valence-electron chi connectivity index (χ4n) is 8.15. The number of piperazine rings is 2. The summed E-state index contributed by atoms with van der Waals surface area (Å²) >= 11 is 0. The highest BCUT2D eigenvalue weighted by Crippen LogP contribution is 2.51. The number of rotatable bonds is 21. The second-order valence-corrected chi connectivity index (χ2v) is 18.5. The van der Waals surface area contributed by atoms with Crippen LogP contribution in [-0.4, -0.2) is 154 Å². The number of amides is 2. The van der Waals surface area contributed by atoms with E-state index in [9.17, 15) is 9.59 Å². The van der Waals surface area contributed by atoms with Crippen LogP contribution in [0, 0.1) is 27.6 Å². The minimum absolute atomic E-state index is 0.0606. The molecule has 10 heteroatoms. The Labute approximate surface area is 306 Å². The van der Waals surface area contributed by atoms with Crippen molar-refractivity contribution in [3.63, 3.8) is 0 Å². The van der Waals surface area contributed by atoms with Crippen LogP contribution < -0.4 is 5.73 Å². The molecule has 2 amide bonds. The largest absolute Gasteiger partial charge is 0.379 e. The number of nitrogens with two attached hydrogens (primary N) is 1. The van der Waals surface area contributed by atoms with Crippen molar-refractivity contribution in [1.82, 2.24) is 24.5 Å². The minimum atomic E-state index is -0.309. The van der Waals surface area contributed by atoms with Crippen molar-refractivity contribution in [2.24, 2.45) is 33.3 Å². The number of hydrogen-bond acceptors (Lipinski definition) is 9. The van der Waals surface area contributed by atoms with E-state index in [1.165, 1.54) is 4.90 Å². The number of hydrogen-bond donors (Lipinski definition) is 1. The van der Waals surface area contributed by atoms with Gasteiger partial charge in [0.15, 0.2) is 0 Å². The quantitative estimate of drug-likeness (QED) is 0.106. The van der Waals surface area contributed by atoms with Crippen molar-refractivity contribution in [2.45, 2.75) is 88.0 Å². The number of carbonyl (C=O) groups is 2. The summed E-state index contributed by atoms with van der Waals surface area (Å²) in [6, 6.07) is 0. The van der Waals surface area contributed by atoms with Gasteiger partial charge in [-0.15, -0.1) is 0 Å². The molecule has 1 unspecified atom stereocenters. The average molecular weight is 705 g/mol. The summed E-state index contributed by atoms with van der Waals surface area (Å²) in [6.45, 7) is 41.7. The van der Waals surface area contributed by atoms with Gasteiger partial charge in [0.25, 0.3) is 0 Å². The molecule has 10 nitrogen and oxygen atoms in total. The first-order valence-corrected chi connectivity index (χ1v) is 19.6. The van der Waals surface area contributed by atoms with Crippen molar-refractivity contribution in [2.75, 3.05) is 118 Å². The zero-order chi connectivity index (χ0) is 37.2. The normalized spacial score (nSPS) is 21.5. The molecule has 1 atom stereocenters. The fourth-order valence-corrected chi connectivity index (χ4v) is 8.15. The molecule has 3 fully saturated rings. The third-order valence-electron chi connectivity index (χ3n) is 12.1. The molecule has 0 radical (unpaired) electrons. The van der Waals surface area contributed by atoms with Crippen LogP contribution in [-0.2, 0) is 19.1 Å². The van der Waals surface area contributed by atoms with Crippen LogP contribution in [0.15, 0.2) is 12.2 Å². The molecule has 3 heterocycles. The molecule has 3 aliphatic heterocycles. The Hall–Kier alpha value is -1.40. The van der Waals surface area contributed by atoms with Gasteiger partial charge in [-0.25, -0.2) is 0 Å². The Balaban J connectivity index is 1.28. The standard InChI is InChI=1S/C40H76N6O4/c1-33(39(7,8)31-38(5,6)32-40(9,10)37(2,3)4)29-34-30-35(47)46(36(34)48)24-28-50-27-23-45-20-16-43(17-21-45)13-12-42-14-18-44(19-15-42)22-26-49-25-11-41/h34H,1,11-32,41H2,2-10H3. The van der Waals surface area contributed by atoms with Gasteiger partial charge in [0.1, 0.15) is 0 Å². The minimum Gasteiger partial charge on any atom is -0.379 e. The lowest BCUT2D eigenvalue weighted by Crippen LogP contribution is -2.52. The van der Waals surface area contributed by atoms with Gasteiger partial charge < -0.3 is 15.2 Å². The summed E-state index contributed by atoms with van der Waals surface area (Å²) in [5.74, 6) is -0.446. The molecule has 3 saturated heterocycles. The number of carbonyl (C=O) groups excluding carboxylic acids is 2. The van der Waals surface area contributed by atoms with E-state index in [0.29, 0.717) is 39.3 Å². The molecule has 0 aromatic carbocycles. The Morgan fingerprint density at radius 3 is 1.58 bits per heavy atom.